The van der Waals surface area contributed by atoms with Crippen LogP contribution < -0.4 is 15.4 Å². The molecule has 0 spiro atoms. The predicted molar refractivity (Wildman–Crippen MR) is 105 cm³/mol. The molecule has 27 heavy (non-hydrogen) atoms. The van der Waals surface area contributed by atoms with Crippen LogP contribution in [-0.2, 0) is 4.79 Å². The van der Waals surface area contributed by atoms with Crippen LogP contribution in [-0.4, -0.2) is 19.3 Å². The summed E-state index contributed by atoms with van der Waals surface area (Å²) in [5.74, 6) is 0.203. The van der Waals surface area contributed by atoms with Crippen LogP contribution in [0.5, 0.6) is 5.75 Å². The summed E-state index contributed by atoms with van der Waals surface area (Å²) in [4.78, 5) is 13.2. The zero-order chi connectivity index (χ0) is 19.4. The Morgan fingerprint density at radius 1 is 1.33 bits per heavy atom. The molecule has 1 aliphatic rings. The average molecular weight is 381 g/mol. The number of ether oxygens (including phenoxy) is 1. The highest BCUT2D eigenvalue weighted by atomic mass is 32.2. The van der Waals surface area contributed by atoms with Crippen LogP contribution in [0, 0.1) is 11.3 Å². The van der Waals surface area contributed by atoms with Crippen molar-refractivity contribution in [3.05, 3.63) is 70.3 Å². The van der Waals surface area contributed by atoms with Gasteiger partial charge in [0.2, 0.25) is 0 Å². The Morgan fingerprint density at radius 3 is 2.74 bits per heavy atom. The van der Waals surface area contributed by atoms with E-state index in [1.54, 1.807) is 31.4 Å². The maximum absolute atomic E-state index is 13.2. The van der Waals surface area contributed by atoms with Crippen LogP contribution in [0.3, 0.4) is 0 Å². The minimum atomic E-state index is -0.580. The van der Waals surface area contributed by atoms with Gasteiger partial charge in [0.25, 0.3) is 5.91 Å². The number of carbonyl (C=O) groups is 1. The lowest BCUT2D eigenvalue weighted by atomic mass is 9.85. The summed E-state index contributed by atoms with van der Waals surface area (Å²) < 4.78 is 10.9. The van der Waals surface area contributed by atoms with Crippen molar-refractivity contribution in [2.45, 2.75) is 12.8 Å². The second kappa shape index (κ2) is 8.06. The third kappa shape index (κ3) is 3.57. The number of methoxy groups -OCH3 is 1. The van der Waals surface area contributed by atoms with Gasteiger partial charge in [0.1, 0.15) is 11.5 Å². The van der Waals surface area contributed by atoms with E-state index < -0.39 is 5.92 Å². The molecule has 2 heterocycles. The number of hydrogen-bond donors (Lipinski definition) is 2. The van der Waals surface area contributed by atoms with Crippen LogP contribution in [0.1, 0.15) is 18.6 Å². The lowest BCUT2D eigenvalue weighted by Gasteiger charge is -2.28. The highest BCUT2D eigenvalue weighted by molar-refractivity contribution is 8.02. The minimum Gasteiger partial charge on any atom is -0.495 e. The Kier molecular flexibility index (Phi) is 5.57. The van der Waals surface area contributed by atoms with E-state index in [0.717, 1.165) is 0 Å². The zero-order valence-corrected chi connectivity index (χ0v) is 16.0. The van der Waals surface area contributed by atoms with E-state index >= 15 is 0 Å². The van der Waals surface area contributed by atoms with Gasteiger partial charge in [0.05, 0.1) is 47.2 Å². The number of amides is 1. The number of rotatable bonds is 5. The van der Waals surface area contributed by atoms with Crippen molar-refractivity contribution in [1.82, 2.24) is 5.32 Å². The molecule has 138 valence electrons. The number of nitriles is 1. The highest BCUT2D eigenvalue weighted by Crippen LogP contribution is 2.40. The van der Waals surface area contributed by atoms with Gasteiger partial charge in [-0.05, 0) is 37.4 Å². The minimum absolute atomic E-state index is 0.321. The maximum Gasteiger partial charge on any atom is 0.254 e. The topological polar surface area (TPSA) is 87.3 Å². The summed E-state index contributed by atoms with van der Waals surface area (Å²) in [6, 6.07) is 12.9. The molecule has 2 N–H and O–H groups in total. The van der Waals surface area contributed by atoms with Gasteiger partial charge in [-0.2, -0.15) is 5.26 Å². The molecule has 0 bridgehead atoms. The van der Waals surface area contributed by atoms with Gasteiger partial charge >= 0.3 is 0 Å². The van der Waals surface area contributed by atoms with Crippen LogP contribution in [0.15, 0.2) is 69.0 Å². The van der Waals surface area contributed by atoms with E-state index in [0.29, 0.717) is 39.1 Å². The molecule has 0 aliphatic carbocycles. The van der Waals surface area contributed by atoms with Gasteiger partial charge in [-0.15, -0.1) is 11.8 Å². The molecule has 1 aromatic heterocycles. The first-order valence-corrected chi connectivity index (χ1v) is 9.47. The molecule has 1 amide bonds. The SMILES string of the molecule is COc1ccccc1NC(=O)C1=C(C)NC(SC)=C(C#N)C1c1ccco1. The van der Waals surface area contributed by atoms with Crippen molar-refractivity contribution in [2.75, 3.05) is 18.7 Å². The number of thioether (sulfide) groups is 1. The quantitative estimate of drug-likeness (QED) is 0.814. The van der Waals surface area contributed by atoms with Gasteiger partial charge < -0.3 is 19.8 Å². The number of benzene rings is 1. The highest BCUT2D eigenvalue weighted by Gasteiger charge is 2.36. The average Bonchev–Trinajstić information content (AvgIpc) is 3.21. The second-order valence-electron chi connectivity index (χ2n) is 5.83. The summed E-state index contributed by atoms with van der Waals surface area (Å²) in [6.45, 7) is 1.82. The molecular formula is C20H19N3O3S. The molecule has 1 aliphatic heterocycles. The normalized spacial score (nSPS) is 16.6. The molecule has 3 rings (SSSR count). The Labute approximate surface area is 161 Å². The van der Waals surface area contributed by atoms with Gasteiger partial charge in [0.15, 0.2) is 0 Å². The third-order valence-electron chi connectivity index (χ3n) is 4.28. The Balaban J connectivity index is 2.04. The number of nitrogens with zero attached hydrogens (tertiary/aromatic N) is 1. The Morgan fingerprint density at radius 2 is 2.11 bits per heavy atom. The van der Waals surface area contributed by atoms with Gasteiger partial charge in [-0.25, -0.2) is 0 Å². The smallest absolute Gasteiger partial charge is 0.254 e. The molecule has 1 atom stereocenters. The van der Waals surface area contributed by atoms with Gasteiger partial charge in [-0.1, -0.05) is 12.1 Å². The lowest BCUT2D eigenvalue weighted by molar-refractivity contribution is -0.113. The van der Waals surface area contributed by atoms with Crippen molar-refractivity contribution in [3.8, 4) is 11.8 Å². The van der Waals surface area contributed by atoms with E-state index in [1.807, 2.05) is 25.3 Å². The van der Waals surface area contributed by atoms with E-state index in [9.17, 15) is 10.1 Å². The number of carbonyl (C=O) groups excluding carboxylic acids is 1. The molecule has 0 saturated carbocycles. The van der Waals surface area contributed by atoms with Crippen LogP contribution in [0.25, 0.3) is 0 Å². The Bertz CT molecular complexity index is 955. The summed E-state index contributed by atoms with van der Waals surface area (Å²) in [7, 11) is 1.55. The van der Waals surface area contributed by atoms with Crippen molar-refractivity contribution in [1.29, 1.82) is 5.26 Å². The molecular weight excluding hydrogens is 362 g/mol. The molecule has 2 aromatic rings. The first-order chi connectivity index (χ1) is 13.1. The van der Waals surface area contributed by atoms with Crippen molar-refractivity contribution < 1.29 is 13.9 Å². The lowest BCUT2D eigenvalue weighted by Crippen LogP contribution is -2.30. The molecule has 1 unspecified atom stereocenters. The van der Waals surface area contributed by atoms with Gasteiger partial charge in [-0.3, -0.25) is 4.79 Å². The van der Waals surface area contributed by atoms with Crippen molar-refractivity contribution in [2.24, 2.45) is 0 Å². The number of anilines is 1. The third-order valence-corrected chi connectivity index (χ3v) is 5.01. The fraction of sp³-hybridized carbons (Fsp3) is 0.200. The number of nitrogens with one attached hydrogen (secondary N) is 2. The van der Waals surface area contributed by atoms with E-state index in [1.165, 1.54) is 18.0 Å². The zero-order valence-electron chi connectivity index (χ0n) is 15.2. The predicted octanol–water partition coefficient (Wildman–Crippen LogP) is 3.99. The van der Waals surface area contributed by atoms with Crippen LogP contribution >= 0.6 is 11.8 Å². The number of para-hydroxylation sites is 2. The van der Waals surface area contributed by atoms with Crippen molar-refractivity contribution >= 4 is 23.4 Å². The second-order valence-corrected chi connectivity index (χ2v) is 6.64. The van der Waals surface area contributed by atoms with E-state index in [-0.39, 0.29) is 5.91 Å². The first-order valence-electron chi connectivity index (χ1n) is 8.24. The fourth-order valence-electron chi connectivity index (χ4n) is 3.05. The van der Waals surface area contributed by atoms with Crippen molar-refractivity contribution in [3.63, 3.8) is 0 Å². The maximum atomic E-state index is 13.2. The Hall–Kier alpha value is -3.11. The van der Waals surface area contributed by atoms with E-state index in [2.05, 4.69) is 16.7 Å². The number of furan rings is 1. The van der Waals surface area contributed by atoms with Crippen LogP contribution in [0.4, 0.5) is 5.69 Å². The summed E-state index contributed by atoms with van der Waals surface area (Å²) >= 11 is 1.43. The molecule has 0 radical (unpaired) electrons. The largest absolute Gasteiger partial charge is 0.495 e. The summed E-state index contributed by atoms with van der Waals surface area (Å²) in [6.07, 6.45) is 3.42. The number of hydrogen-bond acceptors (Lipinski definition) is 6. The van der Waals surface area contributed by atoms with Gasteiger partial charge in [0, 0.05) is 5.70 Å². The first kappa shape index (κ1) is 18.7. The molecule has 6 nitrogen and oxygen atoms in total. The standard InChI is InChI=1S/C20H19N3O3S/c1-12-17(19(24)23-14-7-4-5-8-15(14)25-2)18(16-9-6-10-26-16)13(11-21)20(22-12)27-3/h4-10,18,22H,1-3H3,(H,23,24). The summed E-state index contributed by atoms with van der Waals surface area (Å²) in [5.41, 5.74) is 2.12. The molecule has 1 aromatic carbocycles. The van der Waals surface area contributed by atoms with E-state index in [4.69, 9.17) is 9.15 Å². The molecule has 7 heteroatoms. The number of dihydropyridines is 1. The monoisotopic (exact) mass is 381 g/mol. The van der Waals surface area contributed by atoms with Crippen LogP contribution in [0.2, 0.25) is 0 Å². The fourth-order valence-corrected chi connectivity index (χ4v) is 3.69. The number of allylic oxidation sites excluding steroid dienone is 2. The molecule has 0 saturated heterocycles. The molecule has 0 fully saturated rings. The summed E-state index contributed by atoms with van der Waals surface area (Å²) in [5, 5.41) is 16.5.